The lowest BCUT2D eigenvalue weighted by Gasteiger charge is -2.10. The van der Waals surface area contributed by atoms with Gasteiger partial charge >= 0.3 is 5.97 Å². The molecule has 0 aliphatic rings. The molecule has 0 saturated carbocycles. The molecule has 0 aliphatic carbocycles. The third-order valence-corrected chi connectivity index (χ3v) is 3.39. The fraction of sp³-hybridized carbons (Fsp3) is 0.222. The van der Waals surface area contributed by atoms with E-state index in [9.17, 15) is 14.0 Å². The minimum absolute atomic E-state index is 0.134. The predicted molar refractivity (Wildman–Crippen MR) is 85.6 cm³/mol. The first kappa shape index (κ1) is 16.7. The maximum Gasteiger partial charge on any atom is 0.338 e. The molecule has 5 heteroatoms. The van der Waals surface area contributed by atoms with Gasteiger partial charge in [-0.1, -0.05) is 31.2 Å². The van der Waals surface area contributed by atoms with Crippen molar-refractivity contribution in [3.63, 3.8) is 0 Å². The number of rotatable bonds is 5. The zero-order valence-electron chi connectivity index (χ0n) is 13.1. The molecule has 120 valence electrons. The topological polar surface area (TPSA) is 55.4 Å². The molecular weight excluding hydrogens is 297 g/mol. The molecule has 1 amide bonds. The summed E-state index contributed by atoms with van der Waals surface area (Å²) >= 11 is 0. The van der Waals surface area contributed by atoms with Crippen LogP contribution < -0.4 is 5.32 Å². The first-order chi connectivity index (χ1) is 11.0. The molecule has 0 heterocycles. The van der Waals surface area contributed by atoms with E-state index in [1.54, 1.807) is 43.3 Å². The van der Waals surface area contributed by atoms with E-state index in [4.69, 9.17) is 4.74 Å². The fourth-order valence-electron chi connectivity index (χ4n) is 1.96. The molecule has 0 saturated heterocycles. The van der Waals surface area contributed by atoms with Gasteiger partial charge in [0.05, 0.1) is 5.56 Å². The molecule has 0 spiro atoms. The second-order valence-corrected chi connectivity index (χ2v) is 5.10. The highest BCUT2D eigenvalue weighted by Gasteiger charge is 2.12. The second-order valence-electron chi connectivity index (χ2n) is 5.10. The Bertz CT molecular complexity index is 728. The van der Waals surface area contributed by atoms with Crippen molar-refractivity contribution in [1.29, 1.82) is 0 Å². The fourth-order valence-corrected chi connectivity index (χ4v) is 1.96. The number of esters is 1. The highest BCUT2D eigenvalue weighted by molar-refractivity contribution is 5.95. The average molecular weight is 315 g/mol. The Balaban J connectivity index is 2.09. The maximum atomic E-state index is 13.5. The van der Waals surface area contributed by atoms with Gasteiger partial charge in [-0.15, -0.1) is 0 Å². The summed E-state index contributed by atoms with van der Waals surface area (Å²) in [5, 5.41) is 2.73. The Labute approximate surface area is 134 Å². The summed E-state index contributed by atoms with van der Waals surface area (Å²) in [6.45, 7) is 3.44. The Morgan fingerprint density at radius 1 is 1.17 bits per heavy atom. The van der Waals surface area contributed by atoms with Crippen LogP contribution in [-0.4, -0.2) is 11.9 Å². The zero-order chi connectivity index (χ0) is 16.8. The molecule has 2 aromatic rings. The van der Waals surface area contributed by atoms with Gasteiger partial charge in [-0.2, -0.15) is 0 Å². The Hall–Kier alpha value is -2.69. The molecule has 2 rings (SSSR count). The van der Waals surface area contributed by atoms with Crippen molar-refractivity contribution in [2.24, 2.45) is 0 Å². The van der Waals surface area contributed by atoms with E-state index in [1.807, 2.05) is 6.92 Å². The number of anilines is 1. The number of aryl methyl sites for hydroxylation is 1. The smallest absolute Gasteiger partial charge is 0.338 e. The van der Waals surface area contributed by atoms with Gasteiger partial charge in [0.2, 0.25) is 5.91 Å². The van der Waals surface area contributed by atoms with Crippen LogP contribution in [0.4, 0.5) is 10.1 Å². The van der Waals surface area contributed by atoms with E-state index in [1.165, 1.54) is 6.07 Å². The summed E-state index contributed by atoms with van der Waals surface area (Å²) < 4.78 is 18.6. The molecule has 0 bridgehead atoms. The summed E-state index contributed by atoms with van der Waals surface area (Å²) in [6, 6.07) is 11.0. The van der Waals surface area contributed by atoms with E-state index in [-0.39, 0.29) is 12.5 Å². The van der Waals surface area contributed by atoms with Crippen LogP contribution in [0.3, 0.4) is 0 Å². The van der Waals surface area contributed by atoms with Crippen LogP contribution in [0.5, 0.6) is 0 Å². The Morgan fingerprint density at radius 3 is 2.61 bits per heavy atom. The third kappa shape index (κ3) is 4.39. The molecule has 0 atom stereocenters. The minimum atomic E-state index is -0.569. The molecule has 0 fully saturated rings. The van der Waals surface area contributed by atoms with E-state index >= 15 is 0 Å². The lowest BCUT2D eigenvalue weighted by Crippen LogP contribution is -2.12. The van der Waals surface area contributed by atoms with Crippen LogP contribution in [0.2, 0.25) is 0 Å². The van der Waals surface area contributed by atoms with E-state index in [2.05, 4.69) is 5.32 Å². The van der Waals surface area contributed by atoms with E-state index < -0.39 is 11.8 Å². The summed E-state index contributed by atoms with van der Waals surface area (Å²) in [5.74, 6) is -1.12. The average Bonchev–Trinajstić information content (AvgIpc) is 2.55. The van der Waals surface area contributed by atoms with Crippen LogP contribution in [-0.2, 0) is 16.1 Å². The van der Waals surface area contributed by atoms with Crippen LogP contribution in [0, 0.1) is 12.7 Å². The number of benzene rings is 2. The van der Waals surface area contributed by atoms with Gasteiger partial charge in [0, 0.05) is 17.7 Å². The van der Waals surface area contributed by atoms with Crippen molar-refractivity contribution in [2.75, 3.05) is 5.32 Å². The lowest BCUT2D eigenvalue weighted by atomic mass is 10.1. The van der Waals surface area contributed by atoms with Crippen LogP contribution in [0.1, 0.15) is 34.8 Å². The van der Waals surface area contributed by atoms with Gasteiger partial charge < -0.3 is 10.1 Å². The van der Waals surface area contributed by atoms with Crippen LogP contribution in [0.15, 0.2) is 42.5 Å². The summed E-state index contributed by atoms with van der Waals surface area (Å²) in [7, 11) is 0. The summed E-state index contributed by atoms with van der Waals surface area (Å²) in [4.78, 5) is 23.6. The molecule has 23 heavy (non-hydrogen) atoms. The molecule has 4 nitrogen and oxygen atoms in total. The monoisotopic (exact) mass is 315 g/mol. The maximum absolute atomic E-state index is 13.5. The molecule has 1 N–H and O–H groups in total. The number of ether oxygens (including phenoxy) is 1. The first-order valence-corrected chi connectivity index (χ1v) is 7.32. The summed E-state index contributed by atoms with van der Waals surface area (Å²) in [6.07, 6.45) is 0.349. The van der Waals surface area contributed by atoms with Gasteiger partial charge in [0.1, 0.15) is 12.4 Å². The van der Waals surface area contributed by atoms with E-state index in [0.29, 0.717) is 23.2 Å². The van der Waals surface area contributed by atoms with E-state index in [0.717, 1.165) is 5.56 Å². The third-order valence-electron chi connectivity index (χ3n) is 3.39. The van der Waals surface area contributed by atoms with Crippen molar-refractivity contribution in [3.05, 3.63) is 65.0 Å². The molecule has 0 aromatic heterocycles. The van der Waals surface area contributed by atoms with Gasteiger partial charge in [0.15, 0.2) is 0 Å². The lowest BCUT2D eigenvalue weighted by molar-refractivity contribution is -0.115. The van der Waals surface area contributed by atoms with Crippen LogP contribution >= 0.6 is 0 Å². The molecular formula is C18H18FNO3. The van der Waals surface area contributed by atoms with Crippen molar-refractivity contribution >= 4 is 17.6 Å². The number of hydrogen-bond donors (Lipinski definition) is 1. The highest BCUT2D eigenvalue weighted by Crippen LogP contribution is 2.18. The normalized spacial score (nSPS) is 10.2. The van der Waals surface area contributed by atoms with Crippen molar-refractivity contribution in [1.82, 2.24) is 0 Å². The Morgan fingerprint density at radius 2 is 1.91 bits per heavy atom. The first-order valence-electron chi connectivity index (χ1n) is 7.32. The standard InChI is InChI=1S/C18H18FNO3/c1-3-17(21)20-16-10-13(9-8-12(16)2)18(22)23-11-14-6-4-5-7-15(14)19/h4-10H,3,11H2,1-2H3,(H,20,21). The van der Waals surface area contributed by atoms with Crippen LogP contribution in [0.25, 0.3) is 0 Å². The largest absolute Gasteiger partial charge is 0.457 e. The number of nitrogens with one attached hydrogen (secondary N) is 1. The molecule has 2 aromatic carbocycles. The molecule has 0 unspecified atom stereocenters. The number of hydrogen-bond acceptors (Lipinski definition) is 3. The number of carbonyl (C=O) groups is 2. The van der Waals surface area contributed by atoms with Gasteiger partial charge in [-0.3, -0.25) is 4.79 Å². The SMILES string of the molecule is CCC(=O)Nc1cc(C(=O)OCc2ccccc2F)ccc1C. The molecule has 0 radical (unpaired) electrons. The summed E-state index contributed by atoms with van der Waals surface area (Å²) in [5.41, 5.74) is 2.03. The van der Waals surface area contributed by atoms with Crippen molar-refractivity contribution in [2.45, 2.75) is 26.9 Å². The molecule has 0 aliphatic heterocycles. The van der Waals surface area contributed by atoms with Crippen molar-refractivity contribution in [3.8, 4) is 0 Å². The highest BCUT2D eigenvalue weighted by atomic mass is 19.1. The predicted octanol–water partition coefficient (Wildman–Crippen LogP) is 3.84. The Kier molecular flexibility index (Phi) is 5.46. The quantitative estimate of drug-likeness (QED) is 0.853. The number of amides is 1. The second kappa shape index (κ2) is 7.54. The van der Waals surface area contributed by atoms with Crippen molar-refractivity contribution < 1.29 is 18.7 Å². The van der Waals surface area contributed by atoms with Gasteiger partial charge in [-0.05, 0) is 30.7 Å². The zero-order valence-corrected chi connectivity index (χ0v) is 13.1. The minimum Gasteiger partial charge on any atom is -0.457 e. The van der Waals surface area contributed by atoms with Gasteiger partial charge in [-0.25, -0.2) is 9.18 Å². The van der Waals surface area contributed by atoms with Gasteiger partial charge in [0.25, 0.3) is 0 Å². The number of carbonyl (C=O) groups excluding carboxylic acids is 2. The number of halogens is 1.